The van der Waals surface area contributed by atoms with Gasteiger partial charge in [-0.1, -0.05) is 0 Å². The first-order chi connectivity index (χ1) is 9.95. The maximum Gasteiger partial charge on any atom is 0.263 e. The molecule has 10 heteroatoms. The average molecular weight is 331 g/mol. The summed E-state index contributed by atoms with van der Waals surface area (Å²) in [6.07, 6.45) is 1.53. The summed E-state index contributed by atoms with van der Waals surface area (Å²) < 4.78 is 34.5. The van der Waals surface area contributed by atoms with Gasteiger partial charge in [-0.2, -0.15) is 9.29 Å². The molecule has 0 spiro atoms. The van der Waals surface area contributed by atoms with Crippen molar-refractivity contribution in [1.29, 1.82) is 0 Å². The molecule has 1 aliphatic rings. The van der Waals surface area contributed by atoms with Crippen molar-refractivity contribution in [3.05, 3.63) is 11.6 Å². The fraction of sp³-hybridized carbons (Fsp3) is 0.545. The topological polar surface area (TPSA) is 102 Å². The number of nitrogens with zero attached hydrogens (tertiary/aromatic N) is 3. The molecule has 8 nitrogen and oxygen atoms in total. The number of nitrogens with one attached hydrogen (secondary N) is 1. The fourth-order valence-electron chi connectivity index (χ4n) is 2.42. The van der Waals surface area contributed by atoms with Gasteiger partial charge in [0.05, 0.1) is 12.7 Å². The highest BCUT2D eigenvalue weighted by molar-refractivity contribution is 7.89. The molecule has 2 aromatic rings. The van der Waals surface area contributed by atoms with E-state index >= 15 is 0 Å². The Morgan fingerprint density at radius 1 is 1.52 bits per heavy atom. The number of aromatic nitrogens is 2. The number of ether oxygens (including phenoxy) is 1. The van der Waals surface area contributed by atoms with E-state index in [4.69, 9.17) is 10.6 Å². The SMILES string of the molecule is CC1CN(S(=O)(=O)c2c(NN)nc3sccn23)C(C)CO1. The van der Waals surface area contributed by atoms with Gasteiger partial charge < -0.3 is 10.2 Å². The van der Waals surface area contributed by atoms with Crippen LogP contribution in [0.3, 0.4) is 0 Å². The minimum Gasteiger partial charge on any atom is -0.375 e. The summed E-state index contributed by atoms with van der Waals surface area (Å²) in [6.45, 7) is 4.36. The number of thiazole rings is 1. The van der Waals surface area contributed by atoms with Gasteiger partial charge in [0.2, 0.25) is 5.03 Å². The highest BCUT2D eigenvalue weighted by atomic mass is 32.2. The second-order valence-corrected chi connectivity index (χ2v) is 7.71. The lowest BCUT2D eigenvalue weighted by atomic mass is 10.2. The van der Waals surface area contributed by atoms with E-state index in [9.17, 15) is 8.42 Å². The van der Waals surface area contributed by atoms with Gasteiger partial charge in [0.15, 0.2) is 10.8 Å². The summed E-state index contributed by atoms with van der Waals surface area (Å²) in [5, 5.41) is 1.86. The van der Waals surface area contributed by atoms with Crippen molar-refractivity contribution in [2.45, 2.75) is 31.0 Å². The molecule has 116 valence electrons. The Hall–Kier alpha value is -1.20. The van der Waals surface area contributed by atoms with Crippen LogP contribution >= 0.6 is 11.3 Å². The Kier molecular flexibility index (Phi) is 3.66. The predicted octanol–water partition coefficient (Wildman–Crippen LogP) is 0.479. The summed E-state index contributed by atoms with van der Waals surface area (Å²) in [5.74, 6) is 5.59. The van der Waals surface area contributed by atoms with Crippen LogP contribution in [0.25, 0.3) is 4.96 Å². The molecule has 0 saturated carbocycles. The average Bonchev–Trinajstić information content (AvgIpc) is 3.00. The first-order valence-electron chi connectivity index (χ1n) is 6.50. The van der Waals surface area contributed by atoms with Crippen LogP contribution in [0.5, 0.6) is 0 Å². The highest BCUT2D eigenvalue weighted by Gasteiger charge is 2.38. The number of hydrogen-bond donors (Lipinski definition) is 2. The minimum absolute atomic E-state index is 0.0715. The van der Waals surface area contributed by atoms with Crippen LogP contribution in [-0.4, -0.2) is 47.4 Å². The smallest absolute Gasteiger partial charge is 0.263 e. The molecular formula is C11H17N5O3S2. The van der Waals surface area contributed by atoms with Crippen molar-refractivity contribution in [2.75, 3.05) is 18.6 Å². The summed E-state index contributed by atoms with van der Waals surface area (Å²) in [4.78, 5) is 4.78. The van der Waals surface area contributed by atoms with Crippen LogP contribution in [-0.2, 0) is 14.8 Å². The molecular weight excluding hydrogens is 314 g/mol. The maximum absolute atomic E-state index is 13.0. The third kappa shape index (κ3) is 2.32. The second-order valence-electron chi connectivity index (χ2n) is 5.03. The monoisotopic (exact) mass is 331 g/mol. The number of fused-ring (bicyclic) bond motifs is 1. The molecule has 0 aliphatic carbocycles. The van der Waals surface area contributed by atoms with Crippen molar-refractivity contribution < 1.29 is 13.2 Å². The van der Waals surface area contributed by atoms with Crippen LogP contribution in [0.15, 0.2) is 16.6 Å². The van der Waals surface area contributed by atoms with Gasteiger partial charge in [-0.3, -0.25) is 4.40 Å². The van der Waals surface area contributed by atoms with Gasteiger partial charge in [0, 0.05) is 24.2 Å². The van der Waals surface area contributed by atoms with Gasteiger partial charge in [0.25, 0.3) is 10.0 Å². The summed E-state index contributed by atoms with van der Waals surface area (Å²) >= 11 is 1.35. The fourth-order valence-corrected chi connectivity index (χ4v) is 5.10. The molecule has 21 heavy (non-hydrogen) atoms. The van der Waals surface area contributed by atoms with Crippen LogP contribution < -0.4 is 11.3 Å². The van der Waals surface area contributed by atoms with Crippen molar-refractivity contribution >= 4 is 32.1 Å². The lowest BCUT2D eigenvalue weighted by Crippen LogP contribution is -2.50. The second kappa shape index (κ2) is 5.21. The van der Waals surface area contributed by atoms with E-state index in [0.717, 1.165) is 0 Å². The summed E-state index contributed by atoms with van der Waals surface area (Å²) in [7, 11) is -3.72. The molecule has 0 aromatic carbocycles. The molecule has 2 atom stereocenters. The van der Waals surface area contributed by atoms with Crippen molar-refractivity contribution in [1.82, 2.24) is 13.7 Å². The Labute approximate surface area is 126 Å². The number of hydrogen-bond acceptors (Lipinski definition) is 7. The summed E-state index contributed by atoms with van der Waals surface area (Å²) in [6, 6.07) is -0.235. The van der Waals surface area contributed by atoms with Crippen molar-refractivity contribution in [3.63, 3.8) is 0 Å². The number of imidazole rings is 1. The number of anilines is 1. The molecule has 3 rings (SSSR count). The largest absolute Gasteiger partial charge is 0.375 e. The Morgan fingerprint density at radius 2 is 2.29 bits per heavy atom. The first-order valence-corrected chi connectivity index (χ1v) is 8.82. The lowest BCUT2D eigenvalue weighted by molar-refractivity contribution is -0.0171. The standard InChI is InChI=1S/C11H17N5O3S2/c1-7-6-19-8(2)5-16(7)21(17,18)10-9(14-12)13-11-15(10)3-4-20-11/h3-4,7-8,14H,5-6,12H2,1-2H3. The van der Waals surface area contributed by atoms with E-state index in [1.165, 1.54) is 15.6 Å². The number of sulfonamides is 1. The number of rotatable bonds is 3. The molecule has 3 heterocycles. The van der Waals surface area contributed by atoms with E-state index in [-0.39, 0.29) is 23.0 Å². The normalized spacial score (nSPS) is 24.5. The number of nitrogens with two attached hydrogens (primary N) is 1. The quantitative estimate of drug-likeness (QED) is 0.626. The molecule has 2 unspecified atom stereocenters. The maximum atomic E-state index is 13.0. The molecule has 0 bridgehead atoms. The molecule has 1 aliphatic heterocycles. The Bertz CT molecular complexity index is 753. The first kappa shape index (κ1) is 14.7. The highest BCUT2D eigenvalue weighted by Crippen LogP contribution is 2.30. The van der Waals surface area contributed by atoms with E-state index < -0.39 is 10.0 Å². The molecule has 1 saturated heterocycles. The zero-order chi connectivity index (χ0) is 15.2. The lowest BCUT2D eigenvalue weighted by Gasteiger charge is -2.35. The van der Waals surface area contributed by atoms with Crippen molar-refractivity contribution in [3.8, 4) is 0 Å². The van der Waals surface area contributed by atoms with E-state index in [2.05, 4.69) is 10.4 Å². The minimum atomic E-state index is -3.72. The third-order valence-electron chi connectivity index (χ3n) is 3.46. The van der Waals surface area contributed by atoms with Gasteiger partial charge in [-0.05, 0) is 13.8 Å². The molecule has 3 N–H and O–H groups in total. The van der Waals surface area contributed by atoms with Crippen LogP contribution in [0.4, 0.5) is 5.82 Å². The van der Waals surface area contributed by atoms with E-state index in [1.807, 2.05) is 13.8 Å². The van der Waals surface area contributed by atoms with Crippen LogP contribution in [0.1, 0.15) is 13.8 Å². The van der Waals surface area contributed by atoms with Crippen LogP contribution in [0.2, 0.25) is 0 Å². The number of morpholine rings is 1. The van der Waals surface area contributed by atoms with Gasteiger partial charge >= 0.3 is 0 Å². The van der Waals surface area contributed by atoms with Crippen molar-refractivity contribution in [2.24, 2.45) is 5.84 Å². The number of hydrazine groups is 1. The predicted molar refractivity (Wildman–Crippen MR) is 79.6 cm³/mol. The third-order valence-corrected chi connectivity index (χ3v) is 6.22. The number of nitrogen functional groups attached to an aromatic ring is 1. The van der Waals surface area contributed by atoms with Gasteiger partial charge in [-0.25, -0.2) is 14.3 Å². The Balaban J connectivity index is 2.13. The van der Waals surface area contributed by atoms with E-state index in [0.29, 0.717) is 18.1 Å². The Morgan fingerprint density at radius 3 is 3.00 bits per heavy atom. The molecule has 0 radical (unpaired) electrons. The van der Waals surface area contributed by atoms with E-state index in [1.54, 1.807) is 16.0 Å². The van der Waals surface area contributed by atoms with Crippen LogP contribution in [0, 0.1) is 0 Å². The summed E-state index contributed by atoms with van der Waals surface area (Å²) in [5.41, 5.74) is 2.38. The molecule has 1 fully saturated rings. The van der Waals surface area contributed by atoms with Gasteiger partial charge in [-0.15, -0.1) is 11.3 Å². The zero-order valence-corrected chi connectivity index (χ0v) is 13.3. The molecule has 2 aromatic heterocycles. The van der Waals surface area contributed by atoms with Gasteiger partial charge in [0.1, 0.15) is 0 Å². The molecule has 0 amide bonds. The zero-order valence-electron chi connectivity index (χ0n) is 11.7.